The number of morpholine rings is 1. The maximum Gasteiger partial charge on any atom is 0.237 e. The fraction of sp³-hybridized carbons (Fsp3) is 0.632. The van der Waals surface area contributed by atoms with Gasteiger partial charge >= 0.3 is 0 Å². The van der Waals surface area contributed by atoms with Gasteiger partial charge in [-0.15, -0.1) is 0 Å². The Hall–Kier alpha value is -1.14. The summed E-state index contributed by atoms with van der Waals surface area (Å²) in [5, 5.41) is 3.21. The van der Waals surface area contributed by atoms with Gasteiger partial charge in [-0.2, -0.15) is 0 Å². The lowest BCUT2D eigenvalue weighted by Crippen LogP contribution is -3.00. The predicted molar refractivity (Wildman–Crippen MR) is 93.0 cm³/mol. The molecule has 1 aromatic rings. The Bertz CT molecular complexity index is 529. The van der Waals surface area contributed by atoms with Crippen LogP contribution in [0, 0.1) is 0 Å². The Labute approximate surface area is 156 Å². The fourth-order valence-corrected chi connectivity index (χ4v) is 3.66. The van der Waals surface area contributed by atoms with Crippen LogP contribution in [0.5, 0.6) is 0 Å². The average Bonchev–Trinajstić information content (AvgIpc) is 2.67. The minimum Gasteiger partial charge on any atom is -1.00 e. The number of carbonyl (C=O) groups excluding carboxylic acids is 1. The highest BCUT2D eigenvalue weighted by Gasteiger charge is 2.35. The molecule has 2 fully saturated rings. The predicted octanol–water partition coefficient (Wildman–Crippen LogP) is -1.42. The van der Waals surface area contributed by atoms with Gasteiger partial charge in [0.2, 0.25) is 5.91 Å². The number of nitrogens with one attached hydrogen (secondary N) is 1. The van der Waals surface area contributed by atoms with Crippen molar-refractivity contribution in [2.75, 3.05) is 46.1 Å². The molecule has 1 atom stereocenters. The van der Waals surface area contributed by atoms with E-state index in [9.17, 15) is 4.79 Å². The van der Waals surface area contributed by atoms with Crippen molar-refractivity contribution in [1.29, 1.82) is 0 Å². The quantitative estimate of drug-likeness (QED) is 0.694. The number of nitrogens with zero attached hydrogens (tertiary/aromatic N) is 1. The number of carbonyl (C=O) groups is 1. The van der Waals surface area contributed by atoms with Crippen LogP contribution >= 0.6 is 0 Å². The number of benzene rings is 1. The third-order valence-electron chi connectivity index (χ3n) is 5.41. The van der Waals surface area contributed by atoms with E-state index in [1.54, 1.807) is 0 Å². The van der Waals surface area contributed by atoms with Gasteiger partial charge < -0.3 is 27.2 Å². The van der Waals surface area contributed by atoms with Gasteiger partial charge in [0, 0.05) is 38.3 Å². The van der Waals surface area contributed by atoms with Crippen molar-refractivity contribution in [3.8, 4) is 0 Å². The van der Waals surface area contributed by atoms with E-state index >= 15 is 0 Å². The molecular weight excluding hydrogens is 340 g/mol. The summed E-state index contributed by atoms with van der Waals surface area (Å²) in [6.45, 7) is 7.24. The Morgan fingerprint density at radius 1 is 1.12 bits per heavy atom. The molecule has 2 saturated heterocycles. The smallest absolute Gasteiger partial charge is 0.237 e. The second kappa shape index (κ2) is 9.53. The average molecular weight is 368 g/mol. The monoisotopic (exact) mass is 367 g/mol. The van der Waals surface area contributed by atoms with Gasteiger partial charge in [-0.1, -0.05) is 30.3 Å². The molecular formula is C19H28ClN2O3-. The van der Waals surface area contributed by atoms with Gasteiger partial charge in [0.05, 0.1) is 19.3 Å². The van der Waals surface area contributed by atoms with E-state index in [0.717, 1.165) is 39.1 Å². The maximum atomic E-state index is 12.6. The maximum absolute atomic E-state index is 12.6. The summed E-state index contributed by atoms with van der Waals surface area (Å²) in [4.78, 5) is 14.8. The topological polar surface area (TPSA) is 50.8 Å². The summed E-state index contributed by atoms with van der Waals surface area (Å²) in [6.07, 6.45) is 1.90. The van der Waals surface area contributed by atoms with Gasteiger partial charge in [-0.25, -0.2) is 0 Å². The number of ether oxygens (including phenoxy) is 2. The standard InChI is InChI=1S/C19H28N2O3.ClH/c1-16(21-9-13-24-14-10-21)18(22)20-15-19(7-11-23-12-8-19)17-5-3-2-4-6-17;/h2-6,16H,7-15H2,1H3,(H,20,22);1H/p-1. The number of hydrogen-bond acceptors (Lipinski definition) is 4. The lowest BCUT2D eigenvalue weighted by molar-refractivity contribution is -0.128. The molecule has 2 aliphatic rings. The second-order valence-electron chi connectivity index (χ2n) is 6.80. The molecule has 2 aliphatic heterocycles. The highest BCUT2D eigenvalue weighted by Crippen LogP contribution is 2.34. The van der Waals surface area contributed by atoms with Crippen molar-refractivity contribution in [1.82, 2.24) is 10.2 Å². The molecule has 1 N–H and O–H groups in total. The summed E-state index contributed by atoms with van der Waals surface area (Å²) >= 11 is 0. The largest absolute Gasteiger partial charge is 1.00 e. The number of amides is 1. The normalized spacial score (nSPS) is 21.8. The molecule has 1 aromatic carbocycles. The van der Waals surface area contributed by atoms with Crippen LogP contribution < -0.4 is 17.7 Å². The van der Waals surface area contributed by atoms with E-state index in [4.69, 9.17) is 9.47 Å². The third-order valence-corrected chi connectivity index (χ3v) is 5.41. The molecule has 6 heteroatoms. The minimum atomic E-state index is -0.110. The zero-order valence-corrected chi connectivity index (χ0v) is 15.6. The lowest BCUT2D eigenvalue weighted by Gasteiger charge is -2.39. The molecule has 3 rings (SSSR count). The SMILES string of the molecule is CC(C(=O)NCC1(c2ccccc2)CCOCC1)N1CCOCC1.[Cl-]. The molecule has 1 unspecified atom stereocenters. The molecule has 0 aromatic heterocycles. The summed E-state index contributed by atoms with van der Waals surface area (Å²) in [5.74, 6) is 0.110. The van der Waals surface area contributed by atoms with Crippen LogP contribution in [0.1, 0.15) is 25.3 Å². The van der Waals surface area contributed by atoms with Gasteiger partial charge in [0.1, 0.15) is 0 Å². The molecule has 0 aliphatic carbocycles. The Kier molecular flexibility index (Phi) is 7.69. The van der Waals surface area contributed by atoms with Crippen molar-refractivity contribution >= 4 is 5.91 Å². The van der Waals surface area contributed by atoms with Gasteiger partial charge in [0.25, 0.3) is 0 Å². The van der Waals surface area contributed by atoms with E-state index in [2.05, 4.69) is 34.5 Å². The molecule has 0 spiro atoms. The first-order valence-electron chi connectivity index (χ1n) is 8.94. The Balaban J connectivity index is 0.00000225. The molecule has 1 amide bonds. The van der Waals surface area contributed by atoms with Crippen molar-refractivity contribution in [3.63, 3.8) is 0 Å². The van der Waals surface area contributed by atoms with E-state index in [1.807, 2.05) is 13.0 Å². The molecule has 5 nitrogen and oxygen atoms in total. The fourth-order valence-electron chi connectivity index (χ4n) is 3.66. The van der Waals surface area contributed by atoms with Crippen LogP contribution in [0.3, 0.4) is 0 Å². The molecule has 25 heavy (non-hydrogen) atoms. The van der Waals surface area contributed by atoms with Gasteiger partial charge in [-0.05, 0) is 25.3 Å². The first kappa shape index (κ1) is 20.2. The van der Waals surface area contributed by atoms with Crippen molar-refractivity contribution in [3.05, 3.63) is 35.9 Å². The summed E-state index contributed by atoms with van der Waals surface area (Å²) in [7, 11) is 0. The van der Waals surface area contributed by atoms with Crippen molar-refractivity contribution in [2.45, 2.75) is 31.2 Å². The summed E-state index contributed by atoms with van der Waals surface area (Å²) in [6, 6.07) is 10.4. The van der Waals surface area contributed by atoms with Gasteiger partial charge in [-0.3, -0.25) is 9.69 Å². The minimum absolute atomic E-state index is 0. The molecule has 0 saturated carbocycles. The first-order valence-corrected chi connectivity index (χ1v) is 8.94. The summed E-state index contributed by atoms with van der Waals surface area (Å²) < 4.78 is 10.9. The lowest BCUT2D eigenvalue weighted by atomic mass is 9.74. The van der Waals surface area contributed by atoms with E-state index < -0.39 is 0 Å². The van der Waals surface area contributed by atoms with Crippen LogP contribution in [0.2, 0.25) is 0 Å². The Morgan fingerprint density at radius 3 is 2.36 bits per heavy atom. The van der Waals surface area contributed by atoms with Crippen LogP contribution in [0.25, 0.3) is 0 Å². The van der Waals surface area contributed by atoms with Crippen molar-refractivity contribution < 1.29 is 26.7 Å². The Morgan fingerprint density at radius 2 is 1.72 bits per heavy atom. The van der Waals surface area contributed by atoms with Crippen molar-refractivity contribution in [2.24, 2.45) is 0 Å². The number of hydrogen-bond donors (Lipinski definition) is 1. The van der Waals surface area contributed by atoms with Crippen LogP contribution in [-0.2, 0) is 19.7 Å². The highest BCUT2D eigenvalue weighted by atomic mass is 35.5. The van der Waals surface area contributed by atoms with Crippen LogP contribution in [0.4, 0.5) is 0 Å². The zero-order valence-electron chi connectivity index (χ0n) is 14.9. The number of rotatable bonds is 5. The van der Waals surface area contributed by atoms with Crippen LogP contribution in [-0.4, -0.2) is 62.9 Å². The van der Waals surface area contributed by atoms with Gasteiger partial charge in [0.15, 0.2) is 0 Å². The summed E-state index contributed by atoms with van der Waals surface area (Å²) in [5.41, 5.74) is 1.28. The van der Waals surface area contributed by atoms with E-state index in [-0.39, 0.29) is 29.8 Å². The third kappa shape index (κ3) is 4.94. The molecule has 0 radical (unpaired) electrons. The highest BCUT2D eigenvalue weighted by molar-refractivity contribution is 5.81. The van der Waals surface area contributed by atoms with Crippen LogP contribution in [0.15, 0.2) is 30.3 Å². The second-order valence-corrected chi connectivity index (χ2v) is 6.80. The van der Waals surface area contributed by atoms with E-state index in [1.165, 1.54) is 5.56 Å². The molecule has 0 bridgehead atoms. The zero-order chi connectivity index (χ0) is 16.8. The first-order chi connectivity index (χ1) is 11.7. The molecule has 2 heterocycles. The molecule has 140 valence electrons. The number of halogens is 1. The van der Waals surface area contributed by atoms with E-state index in [0.29, 0.717) is 19.8 Å².